The van der Waals surface area contributed by atoms with Gasteiger partial charge < -0.3 is 4.57 Å². The van der Waals surface area contributed by atoms with Crippen molar-refractivity contribution in [2.75, 3.05) is 0 Å². The third-order valence-electron chi connectivity index (χ3n) is 5.25. The van der Waals surface area contributed by atoms with Crippen molar-refractivity contribution in [3.05, 3.63) is 83.9 Å². The first-order valence-corrected chi connectivity index (χ1v) is 10.0. The van der Waals surface area contributed by atoms with Crippen LogP contribution in [0.1, 0.15) is 37.3 Å². The summed E-state index contributed by atoms with van der Waals surface area (Å²) in [5.41, 5.74) is 7.20. The van der Waals surface area contributed by atoms with Crippen molar-refractivity contribution in [2.45, 2.75) is 32.7 Å². The van der Waals surface area contributed by atoms with Crippen molar-refractivity contribution >= 4 is 33.9 Å². The van der Waals surface area contributed by atoms with Gasteiger partial charge in [0.05, 0.1) is 6.21 Å². The number of nitrogens with one attached hydrogen (secondary N) is 1. The lowest BCUT2D eigenvalue weighted by Crippen LogP contribution is -2.19. The van der Waals surface area contributed by atoms with E-state index in [4.69, 9.17) is 0 Å². The summed E-state index contributed by atoms with van der Waals surface area (Å²) >= 11 is 0. The molecule has 0 atom stereocenters. The fourth-order valence-corrected chi connectivity index (χ4v) is 3.66. The zero-order chi connectivity index (χ0) is 20.2. The van der Waals surface area contributed by atoms with Crippen LogP contribution in [0.15, 0.2) is 77.9 Å². The van der Waals surface area contributed by atoms with E-state index in [0.717, 1.165) is 16.6 Å². The molecule has 0 unspecified atom stereocenters. The highest BCUT2D eigenvalue weighted by Gasteiger charge is 2.10. The van der Waals surface area contributed by atoms with Crippen molar-refractivity contribution in [1.82, 2.24) is 9.99 Å². The van der Waals surface area contributed by atoms with Gasteiger partial charge in [0.2, 0.25) is 5.91 Å². The van der Waals surface area contributed by atoms with E-state index in [2.05, 4.69) is 65.3 Å². The molecule has 0 saturated carbocycles. The molecule has 4 nitrogen and oxygen atoms in total. The number of benzene rings is 3. The molecule has 1 amide bonds. The maximum atomic E-state index is 12.3. The number of fused-ring (bicyclic) bond motifs is 3. The minimum atomic E-state index is -0.0955. The second-order valence-corrected chi connectivity index (χ2v) is 7.55. The topological polar surface area (TPSA) is 46.4 Å². The summed E-state index contributed by atoms with van der Waals surface area (Å²) in [6.07, 6.45) is 2.05. The Bertz CT molecular complexity index is 1120. The molecule has 0 fully saturated rings. The molecule has 1 heterocycles. The molecule has 0 saturated heterocycles. The van der Waals surface area contributed by atoms with Gasteiger partial charge in [-0.05, 0) is 29.2 Å². The molecule has 0 radical (unpaired) electrons. The van der Waals surface area contributed by atoms with Crippen LogP contribution in [-0.4, -0.2) is 16.7 Å². The van der Waals surface area contributed by atoms with E-state index >= 15 is 0 Å². The molecule has 1 N–H and O–H groups in total. The van der Waals surface area contributed by atoms with Gasteiger partial charge in [-0.25, -0.2) is 5.43 Å². The number of hydrogen-bond donors (Lipinski definition) is 1. The Morgan fingerprint density at radius 2 is 1.52 bits per heavy atom. The van der Waals surface area contributed by atoms with Gasteiger partial charge in [0.15, 0.2) is 0 Å². The summed E-state index contributed by atoms with van der Waals surface area (Å²) in [5, 5.41) is 6.54. The van der Waals surface area contributed by atoms with Gasteiger partial charge in [0, 0.05) is 34.8 Å². The van der Waals surface area contributed by atoms with E-state index in [1.165, 1.54) is 16.3 Å². The smallest absolute Gasteiger partial charge is 0.241 e. The lowest BCUT2D eigenvalue weighted by atomic mass is 10.0. The van der Waals surface area contributed by atoms with Gasteiger partial charge in [0.1, 0.15) is 0 Å². The zero-order valence-corrected chi connectivity index (χ0v) is 16.8. The number of aromatic nitrogens is 1. The number of amides is 1. The molecule has 0 bridgehead atoms. The van der Waals surface area contributed by atoms with Gasteiger partial charge in [-0.1, -0.05) is 74.5 Å². The normalized spacial score (nSPS) is 11.7. The van der Waals surface area contributed by atoms with Crippen LogP contribution in [0.3, 0.4) is 0 Å². The van der Waals surface area contributed by atoms with E-state index in [-0.39, 0.29) is 5.91 Å². The van der Waals surface area contributed by atoms with Gasteiger partial charge in [-0.2, -0.15) is 5.10 Å². The predicted octanol–water partition coefficient (Wildman–Crippen LogP) is 5.46. The molecule has 3 aromatic carbocycles. The first-order valence-electron chi connectivity index (χ1n) is 10.0. The van der Waals surface area contributed by atoms with Crippen molar-refractivity contribution in [2.24, 2.45) is 5.10 Å². The summed E-state index contributed by atoms with van der Waals surface area (Å²) < 4.78 is 2.21. The highest BCUT2D eigenvalue weighted by atomic mass is 16.2. The Kier molecular flexibility index (Phi) is 5.43. The minimum Gasteiger partial charge on any atom is -0.340 e. The van der Waals surface area contributed by atoms with E-state index < -0.39 is 0 Å². The summed E-state index contributed by atoms with van der Waals surface area (Å²) in [6, 6.07) is 24.9. The van der Waals surface area contributed by atoms with Crippen LogP contribution in [0.4, 0.5) is 0 Å². The first-order chi connectivity index (χ1) is 14.1. The van der Waals surface area contributed by atoms with Crippen LogP contribution in [-0.2, 0) is 11.3 Å². The van der Waals surface area contributed by atoms with Gasteiger partial charge in [-0.15, -0.1) is 0 Å². The predicted molar refractivity (Wildman–Crippen MR) is 120 cm³/mol. The number of para-hydroxylation sites is 2. The number of carbonyl (C=O) groups excluding carboxylic acids is 1. The average Bonchev–Trinajstić information content (AvgIpc) is 3.06. The fraction of sp³-hybridized carbons (Fsp3) is 0.200. The molecule has 29 heavy (non-hydrogen) atoms. The average molecular weight is 383 g/mol. The second-order valence-electron chi connectivity index (χ2n) is 7.55. The van der Waals surface area contributed by atoms with E-state index in [9.17, 15) is 4.79 Å². The maximum Gasteiger partial charge on any atom is 0.241 e. The van der Waals surface area contributed by atoms with Crippen molar-refractivity contribution in [3.63, 3.8) is 0 Å². The molecule has 1 aromatic heterocycles. The van der Waals surface area contributed by atoms with Crippen LogP contribution in [0, 0.1) is 0 Å². The largest absolute Gasteiger partial charge is 0.340 e. The molecule has 0 aliphatic carbocycles. The van der Waals surface area contributed by atoms with Crippen molar-refractivity contribution in [3.8, 4) is 0 Å². The number of hydrogen-bond acceptors (Lipinski definition) is 2. The van der Waals surface area contributed by atoms with Crippen molar-refractivity contribution < 1.29 is 4.79 Å². The van der Waals surface area contributed by atoms with Gasteiger partial charge in [0.25, 0.3) is 0 Å². The molecule has 146 valence electrons. The Balaban J connectivity index is 1.42. The molecule has 4 aromatic rings. The molecule has 4 rings (SSSR count). The number of hydrazone groups is 1. The number of carbonyl (C=O) groups is 1. The summed E-state index contributed by atoms with van der Waals surface area (Å²) in [5.74, 6) is 0.406. The number of aryl methyl sites for hydroxylation is 1. The van der Waals surface area contributed by atoms with Crippen LogP contribution >= 0.6 is 0 Å². The Hall–Kier alpha value is -3.40. The first kappa shape index (κ1) is 18.9. The Morgan fingerprint density at radius 1 is 0.931 bits per heavy atom. The summed E-state index contributed by atoms with van der Waals surface area (Å²) in [7, 11) is 0. The third kappa shape index (κ3) is 4.06. The van der Waals surface area contributed by atoms with E-state index in [1.54, 1.807) is 6.21 Å². The molecular formula is C25H25N3O. The maximum absolute atomic E-state index is 12.3. The van der Waals surface area contributed by atoms with Gasteiger partial charge >= 0.3 is 0 Å². The van der Waals surface area contributed by atoms with Crippen LogP contribution < -0.4 is 5.43 Å². The fourth-order valence-electron chi connectivity index (χ4n) is 3.66. The highest BCUT2D eigenvalue weighted by molar-refractivity contribution is 6.08. The summed E-state index contributed by atoms with van der Waals surface area (Å²) in [4.78, 5) is 12.3. The molecule has 4 heteroatoms. The van der Waals surface area contributed by atoms with Crippen LogP contribution in [0.25, 0.3) is 21.8 Å². The molecular weight excluding hydrogens is 358 g/mol. The molecule has 0 aliphatic rings. The monoisotopic (exact) mass is 383 g/mol. The zero-order valence-electron chi connectivity index (χ0n) is 16.8. The SMILES string of the molecule is CC(C)c1ccc(/C=N/NC(=O)CCn2c3ccccc3c3ccccc32)cc1. The molecule has 0 spiro atoms. The molecule has 0 aliphatic heterocycles. The highest BCUT2D eigenvalue weighted by Crippen LogP contribution is 2.28. The standard InChI is InChI=1S/C25H25N3O/c1-18(2)20-13-11-19(12-14-20)17-26-27-25(29)15-16-28-23-9-5-3-7-21(23)22-8-4-6-10-24(22)28/h3-14,17-18H,15-16H2,1-2H3,(H,27,29)/b26-17+. The second kappa shape index (κ2) is 8.31. The quantitative estimate of drug-likeness (QED) is 0.349. The number of nitrogens with zero attached hydrogens (tertiary/aromatic N) is 2. The Labute approximate surface area is 170 Å². The summed E-state index contributed by atoms with van der Waals surface area (Å²) in [6.45, 7) is 4.94. The van der Waals surface area contributed by atoms with E-state index in [0.29, 0.717) is 18.9 Å². The third-order valence-corrected chi connectivity index (χ3v) is 5.25. The number of rotatable bonds is 6. The van der Waals surface area contributed by atoms with E-state index in [1.807, 2.05) is 36.4 Å². The van der Waals surface area contributed by atoms with Crippen LogP contribution in [0.5, 0.6) is 0 Å². The van der Waals surface area contributed by atoms with Crippen LogP contribution in [0.2, 0.25) is 0 Å². The lowest BCUT2D eigenvalue weighted by Gasteiger charge is -2.07. The van der Waals surface area contributed by atoms with Crippen molar-refractivity contribution in [1.29, 1.82) is 0 Å². The van der Waals surface area contributed by atoms with Gasteiger partial charge in [-0.3, -0.25) is 4.79 Å². The Morgan fingerprint density at radius 3 is 2.10 bits per heavy atom. The minimum absolute atomic E-state index is 0.0955. The lowest BCUT2D eigenvalue weighted by molar-refractivity contribution is -0.121.